The van der Waals surface area contributed by atoms with Crippen molar-refractivity contribution < 1.29 is 9.47 Å². The Morgan fingerprint density at radius 1 is 1.18 bits per heavy atom. The van der Waals surface area contributed by atoms with E-state index < -0.39 is 0 Å². The number of pyridine rings is 2. The van der Waals surface area contributed by atoms with Gasteiger partial charge in [-0.05, 0) is 43.9 Å². The van der Waals surface area contributed by atoms with Gasteiger partial charge < -0.3 is 14.5 Å². The highest BCUT2D eigenvalue weighted by Gasteiger charge is 2.30. The fourth-order valence-corrected chi connectivity index (χ4v) is 5.09. The maximum absolute atomic E-state index is 13.7. The zero-order valence-electron chi connectivity index (χ0n) is 18.7. The third-order valence-corrected chi connectivity index (χ3v) is 6.92. The number of aromatic amines is 1. The van der Waals surface area contributed by atoms with Gasteiger partial charge in [-0.2, -0.15) is 0 Å². The number of fused-ring (bicyclic) bond motifs is 2. The van der Waals surface area contributed by atoms with Crippen molar-refractivity contribution in [2.45, 2.75) is 38.3 Å². The fourth-order valence-electron chi connectivity index (χ4n) is 5.09. The fraction of sp³-hybridized carbons (Fsp3) is 0.400. The van der Waals surface area contributed by atoms with Crippen LogP contribution in [-0.2, 0) is 16.0 Å². The van der Waals surface area contributed by atoms with Gasteiger partial charge in [0.15, 0.2) is 5.65 Å². The standard InChI is InChI=1S/C25H27N5O3/c1-32-22-15-33-14-19(22)13-29-21-10-18(17-9-16-7-8-26-23(16)27-11-17)12-28-24(21)30(25(29)31)20-5-3-2-4-6-20/h5,7-12,19,22H,2-4,6,13-15H2,1H3,(H,26,27)/t19-,22+/m0/s1. The zero-order valence-corrected chi connectivity index (χ0v) is 18.7. The van der Waals surface area contributed by atoms with Crippen LogP contribution in [0.5, 0.6) is 0 Å². The minimum atomic E-state index is -0.0382. The monoisotopic (exact) mass is 445 g/mol. The lowest BCUT2D eigenvalue weighted by Crippen LogP contribution is -2.31. The molecule has 1 aliphatic heterocycles. The molecular formula is C25H27N5O3. The van der Waals surface area contributed by atoms with Gasteiger partial charge in [0, 0.05) is 60.4 Å². The molecule has 8 nitrogen and oxygen atoms in total. The van der Waals surface area contributed by atoms with Crippen molar-refractivity contribution in [1.29, 1.82) is 0 Å². The minimum absolute atomic E-state index is 0.0134. The van der Waals surface area contributed by atoms with Crippen LogP contribution in [0.15, 0.2) is 47.7 Å². The van der Waals surface area contributed by atoms with Crippen molar-refractivity contribution in [1.82, 2.24) is 24.1 Å². The first-order valence-corrected chi connectivity index (χ1v) is 11.6. The summed E-state index contributed by atoms with van der Waals surface area (Å²) in [5.41, 5.74) is 5.32. The third-order valence-electron chi connectivity index (χ3n) is 6.92. The first kappa shape index (κ1) is 20.4. The lowest BCUT2D eigenvalue weighted by molar-refractivity contribution is 0.0632. The second kappa shape index (κ2) is 8.28. The van der Waals surface area contributed by atoms with Crippen molar-refractivity contribution in [2.24, 2.45) is 5.92 Å². The molecule has 4 aromatic heterocycles. The number of hydrogen-bond donors (Lipinski definition) is 1. The lowest BCUT2D eigenvalue weighted by Gasteiger charge is -2.16. The number of aromatic nitrogens is 5. The van der Waals surface area contributed by atoms with Crippen LogP contribution in [0.2, 0.25) is 0 Å². The van der Waals surface area contributed by atoms with Gasteiger partial charge in [0.05, 0.1) is 24.8 Å². The van der Waals surface area contributed by atoms with Crippen molar-refractivity contribution in [2.75, 3.05) is 20.3 Å². The highest BCUT2D eigenvalue weighted by molar-refractivity contribution is 5.85. The number of hydrogen-bond acceptors (Lipinski definition) is 5. The van der Waals surface area contributed by atoms with Crippen molar-refractivity contribution in [3.63, 3.8) is 0 Å². The number of allylic oxidation sites excluding steroid dienone is 2. The molecule has 1 N–H and O–H groups in total. The van der Waals surface area contributed by atoms with E-state index in [2.05, 4.69) is 28.2 Å². The molecule has 0 unspecified atom stereocenters. The molecule has 6 rings (SSSR count). The number of imidazole rings is 1. The van der Waals surface area contributed by atoms with Gasteiger partial charge >= 0.3 is 5.69 Å². The number of rotatable bonds is 5. The van der Waals surface area contributed by atoms with E-state index in [0.717, 1.165) is 59.1 Å². The van der Waals surface area contributed by atoms with Crippen LogP contribution in [0.25, 0.3) is 39.0 Å². The summed E-state index contributed by atoms with van der Waals surface area (Å²) in [6, 6.07) is 6.16. The van der Waals surface area contributed by atoms with Gasteiger partial charge in [-0.15, -0.1) is 0 Å². The summed E-state index contributed by atoms with van der Waals surface area (Å²) in [4.78, 5) is 26.2. The molecule has 5 heterocycles. The van der Waals surface area contributed by atoms with E-state index in [1.54, 1.807) is 7.11 Å². The molecule has 170 valence electrons. The second-order valence-electron chi connectivity index (χ2n) is 8.95. The molecule has 0 radical (unpaired) electrons. The summed E-state index contributed by atoms with van der Waals surface area (Å²) in [5, 5.41) is 1.04. The van der Waals surface area contributed by atoms with E-state index in [9.17, 15) is 4.79 Å². The summed E-state index contributed by atoms with van der Waals surface area (Å²) in [6.45, 7) is 1.68. The van der Waals surface area contributed by atoms with Crippen LogP contribution in [0.4, 0.5) is 0 Å². The molecule has 0 amide bonds. The number of ether oxygens (including phenoxy) is 2. The van der Waals surface area contributed by atoms with Gasteiger partial charge in [0.25, 0.3) is 0 Å². The maximum Gasteiger partial charge on any atom is 0.334 e. The average molecular weight is 446 g/mol. The average Bonchev–Trinajstić information content (AvgIpc) is 3.57. The molecule has 1 aliphatic carbocycles. The smallest absolute Gasteiger partial charge is 0.334 e. The van der Waals surface area contributed by atoms with E-state index in [-0.39, 0.29) is 17.7 Å². The van der Waals surface area contributed by atoms with Crippen LogP contribution >= 0.6 is 0 Å². The van der Waals surface area contributed by atoms with Gasteiger partial charge in [0.2, 0.25) is 0 Å². The summed E-state index contributed by atoms with van der Waals surface area (Å²) in [7, 11) is 1.70. The van der Waals surface area contributed by atoms with Crippen LogP contribution in [0.3, 0.4) is 0 Å². The highest BCUT2D eigenvalue weighted by Crippen LogP contribution is 2.29. The Hall–Kier alpha value is -3.23. The predicted molar refractivity (Wildman–Crippen MR) is 127 cm³/mol. The topological polar surface area (TPSA) is 87.0 Å². The van der Waals surface area contributed by atoms with Crippen LogP contribution in [0.1, 0.15) is 25.7 Å². The first-order chi connectivity index (χ1) is 16.2. The van der Waals surface area contributed by atoms with Gasteiger partial charge in [0.1, 0.15) is 5.65 Å². The number of methoxy groups -OCH3 is 1. The maximum atomic E-state index is 13.7. The Bertz CT molecular complexity index is 1410. The Labute approximate surface area is 190 Å². The number of nitrogens with one attached hydrogen (secondary N) is 1. The normalized spacial score (nSPS) is 21.2. The second-order valence-corrected chi connectivity index (χ2v) is 8.95. The van der Waals surface area contributed by atoms with E-state index >= 15 is 0 Å². The van der Waals surface area contributed by atoms with E-state index in [1.165, 1.54) is 0 Å². The quantitative estimate of drug-likeness (QED) is 0.505. The van der Waals surface area contributed by atoms with Gasteiger partial charge in [-0.1, -0.05) is 6.08 Å². The Morgan fingerprint density at radius 2 is 2.06 bits per heavy atom. The third kappa shape index (κ3) is 3.50. The van der Waals surface area contributed by atoms with Crippen molar-refractivity contribution >= 4 is 27.9 Å². The molecule has 0 saturated carbocycles. The molecule has 2 aliphatic rings. The Kier molecular flexibility index (Phi) is 5.11. The molecule has 1 fully saturated rings. The van der Waals surface area contributed by atoms with Gasteiger partial charge in [-0.25, -0.2) is 19.3 Å². The number of H-pyrrole nitrogens is 1. The molecular weight excluding hydrogens is 418 g/mol. The molecule has 0 aromatic carbocycles. The number of nitrogens with zero attached hydrogens (tertiary/aromatic N) is 4. The van der Waals surface area contributed by atoms with E-state index in [4.69, 9.17) is 14.5 Å². The summed E-state index contributed by atoms with van der Waals surface area (Å²) in [6.07, 6.45) is 11.9. The molecule has 33 heavy (non-hydrogen) atoms. The van der Waals surface area contributed by atoms with Gasteiger partial charge in [-0.3, -0.25) is 4.57 Å². The van der Waals surface area contributed by atoms with Crippen LogP contribution in [0, 0.1) is 5.92 Å². The van der Waals surface area contributed by atoms with Crippen molar-refractivity contribution in [3.8, 4) is 11.1 Å². The lowest BCUT2D eigenvalue weighted by atomic mass is 10.0. The molecule has 8 heteroatoms. The Morgan fingerprint density at radius 3 is 2.91 bits per heavy atom. The zero-order chi connectivity index (χ0) is 22.4. The summed E-state index contributed by atoms with van der Waals surface area (Å²) >= 11 is 0. The first-order valence-electron chi connectivity index (χ1n) is 11.6. The predicted octanol–water partition coefficient (Wildman–Crippen LogP) is 3.82. The van der Waals surface area contributed by atoms with E-state index in [0.29, 0.717) is 25.4 Å². The minimum Gasteiger partial charge on any atom is -0.379 e. The molecule has 4 aromatic rings. The Balaban J connectivity index is 1.51. The largest absolute Gasteiger partial charge is 0.379 e. The SMILES string of the molecule is CO[C@@H]1COC[C@@H]1Cn1c(=O)n(C2=CCCCC2)c2ncc(-c3cnc4[nH]ccc4c3)cc21. The summed E-state index contributed by atoms with van der Waals surface area (Å²) in [5.74, 6) is 0.119. The summed E-state index contributed by atoms with van der Waals surface area (Å²) < 4.78 is 14.9. The van der Waals surface area contributed by atoms with Crippen LogP contribution in [-0.4, -0.2) is 50.5 Å². The molecule has 0 bridgehead atoms. The van der Waals surface area contributed by atoms with E-state index in [1.807, 2.05) is 33.8 Å². The molecule has 0 spiro atoms. The molecule has 1 saturated heterocycles. The molecule has 2 atom stereocenters. The highest BCUT2D eigenvalue weighted by atomic mass is 16.5. The van der Waals surface area contributed by atoms with Crippen LogP contribution < -0.4 is 5.69 Å². The van der Waals surface area contributed by atoms with Crippen molar-refractivity contribution in [3.05, 3.63) is 53.3 Å².